The van der Waals surface area contributed by atoms with Gasteiger partial charge >= 0.3 is 0 Å². The maximum Gasteiger partial charge on any atom is 0.122 e. The second-order valence-electron chi connectivity index (χ2n) is 4.37. The van der Waals surface area contributed by atoms with Crippen LogP contribution in [0.5, 0.6) is 5.75 Å². The van der Waals surface area contributed by atoms with Crippen LogP contribution in [0.3, 0.4) is 0 Å². The summed E-state index contributed by atoms with van der Waals surface area (Å²) in [5, 5.41) is 12.2. The first-order valence-corrected chi connectivity index (χ1v) is 6.20. The van der Waals surface area contributed by atoms with Gasteiger partial charge in [0.1, 0.15) is 5.75 Å². The normalized spacial score (nSPS) is 10.6. The van der Waals surface area contributed by atoms with Crippen LogP contribution in [0, 0.1) is 6.07 Å². The monoisotopic (exact) mass is 334 g/mol. The third kappa shape index (κ3) is 3.17. The van der Waals surface area contributed by atoms with Crippen molar-refractivity contribution in [1.82, 2.24) is 0 Å². The molecule has 1 N–H and O–H groups in total. The summed E-state index contributed by atoms with van der Waals surface area (Å²) in [6.45, 7) is 0. The third-order valence-corrected chi connectivity index (χ3v) is 3.11. The van der Waals surface area contributed by atoms with Crippen LogP contribution in [0.15, 0.2) is 60.7 Å². The third-order valence-electron chi connectivity index (χ3n) is 3.11. The van der Waals surface area contributed by atoms with Crippen LogP contribution >= 0.6 is 0 Å². The van der Waals surface area contributed by atoms with Gasteiger partial charge in [-0.15, -0.1) is 36.4 Å². The Morgan fingerprint density at radius 3 is 2.45 bits per heavy atom. The number of phenolic OH excluding ortho intramolecular Hbond substituents is 1. The zero-order valence-corrected chi connectivity index (χ0v) is 13.8. The van der Waals surface area contributed by atoms with E-state index in [4.69, 9.17) is 0 Å². The zero-order valence-electron chi connectivity index (χ0n) is 11.0. The van der Waals surface area contributed by atoms with Crippen LogP contribution < -0.4 is 0 Å². The summed E-state index contributed by atoms with van der Waals surface area (Å²) in [7, 11) is 0. The number of fused-ring (bicyclic) bond motifs is 1. The van der Waals surface area contributed by atoms with E-state index in [1.54, 1.807) is 6.07 Å². The Morgan fingerprint density at radius 2 is 1.65 bits per heavy atom. The van der Waals surface area contributed by atoms with Crippen molar-refractivity contribution in [2.45, 2.75) is 0 Å². The summed E-state index contributed by atoms with van der Waals surface area (Å²) >= 11 is 0. The quantitative estimate of drug-likeness (QED) is 0.540. The molecule has 0 aromatic heterocycles. The van der Waals surface area contributed by atoms with Gasteiger partial charge < -0.3 is 5.11 Å². The summed E-state index contributed by atoms with van der Waals surface area (Å²) in [5.41, 5.74) is 1.84. The summed E-state index contributed by atoms with van der Waals surface area (Å²) < 4.78 is 0. The molecule has 1 radical (unpaired) electrons. The number of benzene rings is 3. The molecule has 0 heterocycles. The van der Waals surface area contributed by atoms with Crippen molar-refractivity contribution in [1.29, 1.82) is 0 Å². The number of aromatic hydroxyl groups is 1. The fraction of sp³-hybridized carbons (Fsp3) is 0. The predicted molar refractivity (Wildman–Crippen MR) is 79.8 cm³/mol. The second-order valence-corrected chi connectivity index (χ2v) is 4.37. The van der Waals surface area contributed by atoms with Gasteiger partial charge in [0, 0.05) is 38.3 Å². The van der Waals surface area contributed by atoms with E-state index in [1.807, 2.05) is 66.7 Å². The number of hydrogen-bond donors (Lipinski definition) is 1. The molecule has 0 saturated carbocycles. The van der Waals surface area contributed by atoms with Crippen LogP contribution in [0.4, 0.5) is 0 Å². The second kappa shape index (κ2) is 6.83. The summed E-state index contributed by atoms with van der Waals surface area (Å²) in [5.74, 6) is 0.297. The van der Waals surface area contributed by atoms with Gasteiger partial charge in [-0.2, -0.15) is 5.56 Å². The summed E-state index contributed by atoms with van der Waals surface area (Å²) in [6, 6.07) is 22.6. The molecule has 0 saturated heterocycles. The Kier molecular flexibility index (Phi) is 5.11. The van der Waals surface area contributed by atoms with E-state index in [9.17, 15) is 5.11 Å². The fourth-order valence-electron chi connectivity index (χ4n) is 2.14. The molecule has 3 rings (SSSR count). The maximum absolute atomic E-state index is 10.0. The van der Waals surface area contributed by atoms with Gasteiger partial charge in [-0.1, -0.05) is 36.4 Å². The van der Waals surface area contributed by atoms with Crippen molar-refractivity contribution in [2.24, 2.45) is 0 Å². The first kappa shape index (κ1) is 15.0. The Hall–Kier alpha value is -1.44. The summed E-state index contributed by atoms with van der Waals surface area (Å²) in [4.78, 5) is 0. The average Bonchev–Trinajstić information content (AvgIpc) is 2.47. The van der Waals surface area contributed by atoms with E-state index in [0.717, 1.165) is 21.9 Å². The molecule has 3 aromatic carbocycles. The molecule has 0 atom stereocenters. The van der Waals surface area contributed by atoms with Gasteiger partial charge in [0.15, 0.2) is 0 Å². The molecule has 0 aliphatic carbocycles. The Balaban J connectivity index is 0.00000147. The Labute approximate surface area is 143 Å². The van der Waals surface area contributed by atoms with Crippen LogP contribution in [-0.4, -0.2) is 5.11 Å². The van der Waals surface area contributed by atoms with Crippen molar-refractivity contribution in [3.8, 4) is 5.75 Å². The molecular formula is C18H13OY-. The zero-order chi connectivity index (χ0) is 13.1. The summed E-state index contributed by atoms with van der Waals surface area (Å²) in [6.07, 6.45) is 3.89. The minimum Gasteiger partial charge on any atom is -0.507 e. The van der Waals surface area contributed by atoms with Crippen molar-refractivity contribution < 1.29 is 37.8 Å². The van der Waals surface area contributed by atoms with Crippen LogP contribution in [0.2, 0.25) is 0 Å². The van der Waals surface area contributed by atoms with Crippen molar-refractivity contribution in [3.05, 3.63) is 77.9 Å². The molecule has 0 aliphatic rings. The Morgan fingerprint density at radius 1 is 0.850 bits per heavy atom. The molecule has 0 amide bonds. The molecule has 3 aromatic rings. The molecule has 0 unspecified atom stereocenters. The first-order valence-electron chi connectivity index (χ1n) is 6.20. The van der Waals surface area contributed by atoms with Crippen molar-refractivity contribution in [3.63, 3.8) is 0 Å². The molecular weight excluding hydrogens is 321 g/mol. The van der Waals surface area contributed by atoms with Crippen molar-refractivity contribution in [2.75, 3.05) is 0 Å². The van der Waals surface area contributed by atoms with Gasteiger partial charge in [0.2, 0.25) is 0 Å². The van der Waals surface area contributed by atoms with Gasteiger partial charge in [-0.05, 0) is 16.8 Å². The van der Waals surface area contributed by atoms with Crippen LogP contribution in [0.1, 0.15) is 11.1 Å². The van der Waals surface area contributed by atoms with Crippen LogP contribution in [-0.2, 0) is 32.7 Å². The van der Waals surface area contributed by atoms with E-state index >= 15 is 0 Å². The average molecular weight is 334 g/mol. The minimum atomic E-state index is 0. The molecule has 2 heteroatoms. The van der Waals surface area contributed by atoms with E-state index in [1.165, 1.54) is 0 Å². The first-order chi connectivity index (χ1) is 9.34. The molecule has 0 fully saturated rings. The standard InChI is InChI=1S/C18H13O.Y/c19-18-13-11-15-8-4-5-9-16(15)17(18)12-10-14-6-2-1-3-7-14;/h1-6,8-13,19H;/q-1;/b12-10+;. The number of phenols is 1. The van der Waals surface area contributed by atoms with Crippen molar-refractivity contribution >= 4 is 22.9 Å². The van der Waals surface area contributed by atoms with Gasteiger partial charge in [0.25, 0.3) is 0 Å². The number of hydrogen-bond acceptors (Lipinski definition) is 1. The van der Waals surface area contributed by atoms with Gasteiger partial charge in [-0.3, -0.25) is 0 Å². The maximum atomic E-state index is 10.0. The molecule has 0 spiro atoms. The molecule has 95 valence electrons. The largest absolute Gasteiger partial charge is 0.507 e. The number of rotatable bonds is 2. The van der Waals surface area contributed by atoms with Crippen LogP contribution in [0.25, 0.3) is 22.9 Å². The van der Waals surface area contributed by atoms with Gasteiger partial charge in [0.05, 0.1) is 0 Å². The van der Waals surface area contributed by atoms with E-state index in [-0.39, 0.29) is 32.7 Å². The predicted octanol–water partition coefficient (Wildman–Crippen LogP) is 4.51. The van der Waals surface area contributed by atoms with E-state index < -0.39 is 0 Å². The van der Waals surface area contributed by atoms with Gasteiger partial charge in [-0.25, -0.2) is 0 Å². The smallest absolute Gasteiger partial charge is 0.122 e. The molecule has 0 aliphatic heterocycles. The Bertz CT molecular complexity index is 733. The minimum absolute atomic E-state index is 0. The molecule has 1 nitrogen and oxygen atoms in total. The fourth-order valence-corrected chi connectivity index (χ4v) is 2.14. The SMILES string of the molecule is Oc1ccc2ccccc2c1/C=C/c1[c-]cccc1.[Y]. The molecule has 20 heavy (non-hydrogen) atoms. The topological polar surface area (TPSA) is 20.2 Å². The van der Waals surface area contributed by atoms with E-state index in [0.29, 0.717) is 5.75 Å². The van der Waals surface area contributed by atoms with E-state index in [2.05, 4.69) is 6.07 Å². The molecule has 0 bridgehead atoms.